The Morgan fingerprint density at radius 1 is 1.19 bits per heavy atom. The molecule has 144 valence electrons. The molecular formula is C20H23BrN2O3S. The number of hydrogen-bond donors (Lipinski definition) is 1. The first-order valence-corrected chi connectivity index (χ1v) is 10.9. The molecule has 0 amide bonds. The molecule has 1 unspecified atom stereocenters. The molecule has 0 aliphatic rings. The molecule has 0 aliphatic carbocycles. The third kappa shape index (κ3) is 3.96. The number of hydrogen-bond acceptors (Lipinski definition) is 4. The van der Waals surface area contributed by atoms with E-state index >= 15 is 0 Å². The summed E-state index contributed by atoms with van der Waals surface area (Å²) in [5, 5.41) is 11.4. The summed E-state index contributed by atoms with van der Waals surface area (Å²) in [5.41, 5.74) is 2.15. The Morgan fingerprint density at radius 2 is 1.89 bits per heavy atom. The van der Waals surface area contributed by atoms with E-state index in [4.69, 9.17) is 0 Å². The SMILES string of the molecule is Cc1ccc(S(=O)(=O)n2cc(C(O)CCN(C)C)c3ccccc32)c(Br)c1. The zero-order valence-corrected chi connectivity index (χ0v) is 18.0. The number of para-hydroxylation sites is 1. The van der Waals surface area contributed by atoms with Crippen LogP contribution in [0.3, 0.4) is 0 Å². The van der Waals surface area contributed by atoms with Crippen molar-refractivity contribution in [1.82, 2.24) is 8.87 Å². The maximum absolute atomic E-state index is 13.3. The van der Waals surface area contributed by atoms with Crippen LogP contribution >= 0.6 is 15.9 Å². The predicted octanol–water partition coefficient (Wildman–Crippen LogP) is 3.93. The number of halogens is 1. The molecule has 1 N–H and O–H groups in total. The number of aryl methyl sites for hydroxylation is 1. The molecule has 3 aromatic rings. The van der Waals surface area contributed by atoms with Gasteiger partial charge in [0.05, 0.1) is 11.6 Å². The van der Waals surface area contributed by atoms with E-state index in [1.54, 1.807) is 36.5 Å². The second kappa shape index (κ2) is 7.75. The highest BCUT2D eigenvalue weighted by Crippen LogP contribution is 2.33. The minimum atomic E-state index is -3.81. The monoisotopic (exact) mass is 450 g/mol. The molecule has 0 radical (unpaired) electrons. The van der Waals surface area contributed by atoms with Gasteiger partial charge in [0.25, 0.3) is 10.0 Å². The molecule has 0 spiro atoms. The molecule has 1 heterocycles. The minimum absolute atomic E-state index is 0.197. The van der Waals surface area contributed by atoms with Crippen LogP contribution in [0.25, 0.3) is 10.9 Å². The van der Waals surface area contributed by atoms with Crippen molar-refractivity contribution in [1.29, 1.82) is 0 Å². The molecule has 1 atom stereocenters. The van der Waals surface area contributed by atoms with Gasteiger partial charge in [-0.2, -0.15) is 0 Å². The van der Waals surface area contributed by atoms with Crippen molar-refractivity contribution in [2.45, 2.75) is 24.3 Å². The minimum Gasteiger partial charge on any atom is -0.388 e. The van der Waals surface area contributed by atoms with Crippen molar-refractivity contribution in [2.24, 2.45) is 0 Å². The Bertz CT molecular complexity index is 1070. The van der Waals surface area contributed by atoms with E-state index in [2.05, 4.69) is 15.9 Å². The molecule has 7 heteroatoms. The molecular weight excluding hydrogens is 428 g/mol. The fourth-order valence-corrected chi connectivity index (χ4v) is 5.63. The summed E-state index contributed by atoms with van der Waals surface area (Å²) in [7, 11) is 0.0710. The van der Waals surface area contributed by atoms with Crippen molar-refractivity contribution in [2.75, 3.05) is 20.6 Å². The maximum atomic E-state index is 13.3. The van der Waals surface area contributed by atoms with Gasteiger partial charge in [-0.15, -0.1) is 0 Å². The number of rotatable bonds is 6. The Labute approximate surface area is 168 Å². The second-order valence-electron chi connectivity index (χ2n) is 6.94. The standard InChI is InChI=1S/C20H23BrN2O3S/c1-14-8-9-20(17(21)12-14)27(25,26)23-13-16(19(24)10-11-22(2)3)15-6-4-5-7-18(15)23/h4-9,12-13,19,24H,10-11H2,1-3H3. The number of benzene rings is 2. The van der Waals surface area contributed by atoms with Gasteiger partial charge in [-0.3, -0.25) is 0 Å². The smallest absolute Gasteiger partial charge is 0.269 e. The van der Waals surface area contributed by atoms with Gasteiger partial charge in [0.15, 0.2) is 0 Å². The molecule has 2 aromatic carbocycles. The zero-order chi connectivity index (χ0) is 19.8. The molecule has 0 bridgehead atoms. The van der Waals surface area contributed by atoms with Crippen LogP contribution in [0.2, 0.25) is 0 Å². The van der Waals surface area contributed by atoms with Crippen LogP contribution in [0.5, 0.6) is 0 Å². The second-order valence-corrected chi connectivity index (χ2v) is 9.58. The summed E-state index contributed by atoms with van der Waals surface area (Å²) in [6.07, 6.45) is 1.33. The average Bonchev–Trinajstić information content (AvgIpc) is 3.00. The van der Waals surface area contributed by atoms with Gasteiger partial charge in [-0.25, -0.2) is 12.4 Å². The number of nitrogens with zero attached hydrogens (tertiary/aromatic N) is 2. The Hall–Kier alpha value is -1.67. The van der Waals surface area contributed by atoms with E-state index in [9.17, 15) is 13.5 Å². The van der Waals surface area contributed by atoms with E-state index in [-0.39, 0.29) is 4.90 Å². The van der Waals surface area contributed by atoms with Crippen molar-refractivity contribution in [3.8, 4) is 0 Å². The van der Waals surface area contributed by atoms with Crippen molar-refractivity contribution >= 4 is 36.9 Å². The number of aromatic nitrogens is 1. The zero-order valence-electron chi connectivity index (χ0n) is 15.6. The van der Waals surface area contributed by atoms with Crippen molar-refractivity contribution < 1.29 is 13.5 Å². The maximum Gasteiger partial charge on any atom is 0.269 e. The summed E-state index contributed by atoms with van der Waals surface area (Å²) >= 11 is 3.37. The third-order valence-electron chi connectivity index (χ3n) is 4.54. The summed E-state index contributed by atoms with van der Waals surface area (Å²) in [4.78, 5) is 2.19. The molecule has 27 heavy (non-hydrogen) atoms. The van der Waals surface area contributed by atoms with E-state index in [1.165, 1.54) is 3.97 Å². The van der Waals surface area contributed by atoms with Crippen molar-refractivity contribution in [3.63, 3.8) is 0 Å². The van der Waals surface area contributed by atoms with Gasteiger partial charge in [0.2, 0.25) is 0 Å². The van der Waals surface area contributed by atoms with Crippen LogP contribution in [0.15, 0.2) is 58.0 Å². The summed E-state index contributed by atoms with van der Waals surface area (Å²) < 4.78 is 28.4. The van der Waals surface area contributed by atoms with Crippen LogP contribution in [0, 0.1) is 6.92 Å². The summed E-state index contributed by atoms with van der Waals surface area (Å²) in [6, 6.07) is 12.4. The fraction of sp³-hybridized carbons (Fsp3) is 0.300. The van der Waals surface area contributed by atoms with Crippen LogP contribution in [-0.2, 0) is 10.0 Å². The topological polar surface area (TPSA) is 62.5 Å². The van der Waals surface area contributed by atoms with Crippen LogP contribution in [-0.4, -0.2) is 43.0 Å². The number of fused-ring (bicyclic) bond motifs is 1. The highest BCUT2D eigenvalue weighted by molar-refractivity contribution is 9.10. The highest BCUT2D eigenvalue weighted by atomic mass is 79.9. The number of aliphatic hydroxyl groups excluding tert-OH is 1. The normalized spacial score (nSPS) is 13.4. The Balaban J connectivity index is 2.15. The first-order valence-electron chi connectivity index (χ1n) is 8.66. The molecule has 3 rings (SSSR count). The summed E-state index contributed by atoms with van der Waals surface area (Å²) in [5.74, 6) is 0. The molecule has 1 aromatic heterocycles. The lowest BCUT2D eigenvalue weighted by molar-refractivity contribution is 0.155. The Morgan fingerprint density at radius 3 is 2.56 bits per heavy atom. The van der Waals surface area contributed by atoms with Gasteiger partial charge >= 0.3 is 0 Å². The van der Waals surface area contributed by atoms with E-state index in [1.807, 2.05) is 38.1 Å². The highest BCUT2D eigenvalue weighted by Gasteiger charge is 2.25. The lowest BCUT2D eigenvalue weighted by atomic mass is 10.1. The predicted molar refractivity (Wildman–Crippen MR) is 112 cm³/mol. The number of aliphatic hydroxyl groups is 1. The van der Waals surface area contributed by atoms with E-state index in [0.717, 1.165) is 10.9 Å². The van der Waals surface area contributed by atoms with Gasteiger partial charge < -0.3 is 10.0 Å². The Kier molecular flexibility index (Phi) is 5.76. The van der Waals surface area contributed by atoms with Gasteiger partial charge in [0, 0.05) is 28.2 Å². The quantitative estimate of drug-likeness (QED) is 0.617. The van der Waals surface area contributed by atoms with Gasteiger partial charge in [-0.1, -0.05) is 24.3 Å². The lowest BCUT2D eigenvalue weighted by Gasteiger charge is -2.14. The van der Waals surface area contributed by atoms with Crippen molar-refractivity contribution in [3.05, 3.63) is 64.3 Å². The van der Waals surface area contributed by atoms with Crippen LogP contribution < -0.4 is 0 Å². The van der Waals surface area contributed by atoms with Gasteiger partial charge in [0.1, 0.15) is 4.90 Å². The fourth-order valence-electron chi connectivity index (χ4n) is 3.10. The van der Waals surface area contributed by atoms with E-state index in [0.29, 0.717) is 28.5 Å². The molecule has 0 saturated heterocycles. The summed E-state index contributed by atoms with van der Waals surface area (Å²) in [6.45, 7) is 2.61. The molecule has 0 saturated carbocycles. The lowest BCUT2D eigenvalue weighted by Crippen LogP contribution is -2.16. The average molecular weight is 451 g/mol. The molecule has 0 fully saturated rings. The molecule has 0 aliphatic heterocycles. The molecule has 5 nitrogen and oxygen atoms in total. The first kappa shape index (κ1) is 20.1. The van der Waals surface area contributed by atoms with E-state index < -0.39 is 16.1 Å². The first-order chi connectivity index (χ1) is 12.7. The third-order valence-corrected chi connectivity index (χ3v) is 7.19. The van der Waals surface area contributed by atoms with Gasteiger partial charge in [-0.05, 0) is 67.1 Å². The van der Waals surface area contributed by atoms with Crippen LogP contribution in [0.4, 0.5) is 0 Å². The van der Waals surface area contributed by atoms with Crippen LogP contribution in [0.1, 0.15) is 23.7 Å². The largest absolute Gasteiger partial charge is 0.388 e.